The molecular weight excluding hydrogens is 500 g/mol. The Morgan fingerprint density at radius 3 is 1.50 bits per heavy atom. The number of fused-ring (bicyclic) bond motifs is 8. The van der Waals surface area contributed by atoms with Crippen LogP contribution in [0.2, 0.25) is 0 Å². The lowest BCUT2D eigenvalue weighted by Crippen LogP contribution is -2.35. The lowest BCUT2D eigenvalue weighted by atomic mass is 9.62. The predicted octanol–water partition coefficient (Wildman–Crippen LogP) is 8.18. The smallest absolute Gasteiger partial charge is 0.132 e. The molecule has 144 valence electrons. The van der Waals surface area contributed by atoms with Crippen LogP contribution in [0, 0.1) is 0 Å². The second-order valence-corrected chi connectivity index (χ2v) is 9.47. The van der Waals surface area contributed by atoms with Gasteiger partial charge in [-0.1, -0.05) is 92.5 Å². The van der Waals surface area contributed by atoms with Crippen molar-refractivity contribution < 1.29 is 4.74 Å². The molecule has 3 heteroatoms. The first-order valence-electron chi connectivity index (χ1n) is 9.83. The summed E-state index contributed by atoms with van der Waals surface area (Å²) in [5, 5.41) is 0. The molecule has 1 nitrogen and oxygen atoms in total. The third-order valence-electron chi connectivity index (χ3n) is 6.08. The Morgan fingerprint density at radius 2 is 1.00 bits per heavy atom. The van der Waals surface area contributed by atoms with E-state index in [1.165, 1.54) is 22.3 Å². The first kappa shape index (κ1) is 18.2. The summed E-state index contributed by atoms with van der Waals surface area (Å²) >= 11 is 7.47. The van der Waals surface area contributed by atoms with Gasteiger partial charge in [0.15, 0.2) is 0 Å². The molecule has 0 amide bonds. The van der Waals surface area contributed by atoms with Gasteiger partial charge in [-0.2, -0.15) is 0 Å². The van der Waals surface area contributed by atoms with E-state index >= 15 is 0 Å². The Kier molecular flexibility index (Phi) is 4.06. The average Bonchev–Trinajstić information content (AvgIpc) is 2.90. The summed E-state index contributed by atoms with van der Waals surface area (Å²) in [7, 11) is 0. The van der Waals surface area contributed by atoms with Crippen molar-refractivity contribution in [2.45, 2.75) is 5.41 Å². The van der Waals surface area contributed by atoms with E-state index in [2.05, 4.69) is 117 Å². The highest BCUT2D eigenvalue weighted by Crippen LogP contribution is 2.58. The van der Waals surface area contributed by atoms with Crippen LogP contribution in [0.25, 0.3) is 12.2 Å². The molecule has 1 spiro atoms. The zero-order chi connectivity index (χ0) is 20.3. The molecule has 0 N–H and O–H groups in total. The second-order valence-electron chi connectivity index (χ2n) is 7.64. The van der Waals surface area contributed by atoms with Crippen molar-refractivity contribution in [2.24, 2.45) is 0 Å². The molecule has 0 saturated heterocycles. The van der Waals surface area contributed by atoms with Gasteiger partial charge in [0.25, 0.3) is 0 Å². The van der Waals surface area contributed by atoms with Crippen LogP contribution in [0.5, 0.6) is 11.5 Å². The Labute approximate surface area is 192 Å². The Balaban J connectivity index is 1.89. The van der Waals surface area contributed by atoms with Crippen molar-refractivity contribution in [1.82, 2.24) is 0 Å². The molecule has 4 aromatic rings. The van der Waals surface area contributed by atoms with Crippen molar-refractivity contribution in [2.75, 3.05) is 0 Å². The van der Waals surface area contributed by atoms with Crippen LogP contribution in [0.1, 0.15) is 33.4 Å². The molecule has 6 rings (SSSR count). The normalized spacial score (nSPS) is 14.7. The van der Waals surface area contributed by atoms with Gasteiger partial charge in [-0.15, -0.1) is 0 Å². The van der Waals surface area contributed by atoms with Gasteiger partial charge in [0.2, 0.25) is 0 Å². The molecule has 1 heterocycles. The minimum Gasteiger partial charge on any atom is -0.457 e. The van der Waals surface area contributed by atoms with E-state index < -0.39 is 5.41 Å². The van der Waals surface area contributed by atoms with Crippen LogP contribution in [0.15, 0.2) is 93.9 Å². The van der Waals surface area contributed by atoms with Gasteiger partial charge in [-0.25, -0.2) is 0 Å². The quantitative estimate of drug-likeness (QED) is 0.198. The van der Waals surface area contributed by atoms with Crippen LogP contribution >= 0.6 is 31.9 Å². The number of hydrogen-bond acceptors (Lipinski definition) is 1. The lowest BCUT2D eigenvalue weighted by Gasteiger charge is -2.42. The molecule has 0 radical (unpaired) electrons. The fraction of sp³-hybridized carbons (Fsp3) is 0.0370. The monoisotopic (exact) mass is 514 g/mol. The van der Waals surface area contributed by atoms with Gasteiger partial charge < -0.3 is 4.74 Å². The molecule has 0 bridgehead atoms. The van der Waals surface area contributed by atoms with Gasteiger partial charge in [0, 0.05) is 20.1 Å². The van der Waals surface area contributed by atoms with Crippen molar-refractivity contribution in [3.63, 3.8) is 0 Å². The van der Waals surface area contributed by atoms with E-state index in [1.54, 1.807) is 0 Å². The van der Waals surface area contributed by atoms with Gasteiger partial charge >= 0.3 is 0 Å². The van der Waals surface area contributed by atoms with Gasteiger partial charge in [-0.3, -0.25) is 0 Å². The number of halogens is 2. The standard InChI is InChI=1S/C27H16Br2O/c28-19-13-11-17-9-10-18-12-14-20(29)16-24(18)27(23(17)15-19)21-5-1-3-7-25(21)30-26-8-4-2-6-22(26)27/h1-16H. The zero-order valence-corrected chi connectivity index (χ0v) is 19.1. The third kappa shape index (κ3) is 2.46. The summed E-state index contributed by atoms with van der Waals surface area (Å²) in [6.07, 6.45) is 4.45. The topological polar surface area (TPSA) is 9.23 Å². The number of ether oxygens (including phenoxy) is 1. The van der Waals surface area contributed by atoms with E-state index in [4.69, 9.17) is 4.74 Å². The number of hydrogen-bond donors (Lipinski definition) is 0. The average molecular weight is 516 g/mol. The Bertz CT molecular complexity index is 1250. The molecule has 4 aromatic carbocycles. The highest BCUT2D eigenvalue weighted by Gasteiger charge is 2.47. The maximum absolute atomic E-state index is 6.39. The number of rotatable bonds is 0. The largest absolute Gasteiger partial charge is 0.457 e. The molecule has 2 aliphatic rings. The first-order chi connectivity index (χ1) is 14.7. The Hall–Kier alpha value is -2.62. The fourth-order valence-corrected chi connectivity index (χ4v) is 5.62. The summed E-state index contributed by atoms with van der Waals surface area (Å²) in [6, 6.07) is 30.0. The van der Waals surface area contributed by atoms with Gasteiger partial charge in [0.05, 0.1) is 5.41 Å². The van der Waals surface area contributed by atoms with Crippen LogP contribution < -0.4 is 4.74 Å². The second kappa shape index (κ2) is 6.69. The molecule has 0 unspecified atom stereocenters. The molecule has 0 atom stereocenters. The van der Waals surface area contributed by atoms with E-state index in [0.29, 0.717) is 0 Å². The molecule has 1 aliphatic heterocycles. The summed E-state index contributed by atoms with van der Waals surface area (Å²) in [4.78, 5) is 0. The SMILES string of the molecule is Brc1ccc2c(c1)C1(c3cc(Br)ccc3C=C2)c2ccccc2Oc2ccccc21. The predicted molar refractivity (Wildman–Crippen MR) is 129 cm³/mol. The maximum Gasteiger partial charge on any atom is 0.132 e. The third-order valence-corrected chi connectivity index (χ3v) is 7.07. The molecule has 0 aromatic heterocycles. The molecule has 0 saturated carbocycles. The molecule has 0 fully saturated rings. The van der Waals surface area contributed by atoms with Crippen molar-refractivity contribution in [3.8, 4) is 11.5 Å². The van der Waals surface area contributed by atoms with Crippen LogP contribution in [-0.4, -0.2) is 0 Å². The zero-order valence-electron chi connectivity index (χ0n) is 15.9. The molecule has 1 aliphatic carbocycles. The van der Waals surface area contributed by atoms with Crippen LogP contribution in [-0.2, 0) is 5.41 Å². The summed E-state index contributed by atoms with van der Waals surface area (Å²) in [5.74, 6) is 1.80. The number of benzene rings is 4. The summed E-state index contributed by atoms with van der Waals surface area (Å²) < 4.78 is 8.52. The highest BCUT2D eigenvalue weighted by molar-refractivity contribution is 9.10. The highest BCUT2D eigenvalue weighted by atomic mass is 79.9. The number of para-hydroxylation sites is 2. The minimum absolute atomic E-state index is 0.493. The maximum atomic E-state index is 6.39. The summed E-state index contributed by atoms with van der Waals surface area (Å²) in [6.45, 7) is 0. The Morgan fingerprint density at radius 1 is 0.533 bits per heavy atom. The van der Waals surface area contributed by atoms with Crippen molar-refractivity contribution in [1.29, 1.82) is 0 Å². The van der Waals surface area contributed by atoms with E-state index in [-0.39, 0.29) is 0 Å². The van der Waals surface area contributed by atoms with Gasteiger partial charge in [-0.05, 0) is 58.7 Å². The van der Waals surface area contributed by atoms with Crippen molar-refractivity contribution in [3.05, 3.63) is 127 Å². The fourth-order valence-electron chi connectivity index (χ4n) is 4.90. The van der Waals surface area contributed by atoms with Gasteiger partial charge in [0.1, 0.15) is 11.5 Å². The van der Waals surface area contributed by atoms with Crippen LogP contribution in [0.3, 0.4) is 0 Å². The molecule has 30 heavy (non-hydrogen) atoms. The summed E-state index contributed by atoms with van der Waals surface area (Å²) in [5.41, 5.74) is 6.72. The minimum atomic E-state index is -0.493. The van der Waals surface area contributed by atoms with E-state index in [9.17, 15) is 0 Å². The van der Waals surface area contributed by atoms with E-state index in [0.717, 1.165) is 31.6 Å². The van der Waals surface area contributed by atoms with Crippen molar-refractivity contribution >= 4 is 44.0 Å². The molecular formula is C27H16Br2O. The van der Waals surface area contributed by atoms with E-state index in [1.807, 2.05) is 12.1 Å². The first-order valence-corrected chi connectivity index (χ1v) is 11.4. The lowest BCUT2D eigenvalue weighted by molar-refractivity contribution is 0.434. The van der Waals surface area contributed by atoms with Crippen LogP contribution in [0.4, 0.5) is 0 Å².